The second-order valence-electron chi connectivity index (χ2n) is 8.71. The lowest BCUT2D eigenvalue weighted by atomic mass is 9.93. The van der Waals surface area contributed by atoms with Gasteiger partial charge in [-0.05, 0) is 60.5 Å². The molecule has 1 aliphatic rings. The summed E-state index contributed by atoms with van der Waals surface area (Å²) >= 11 is 6.09. The van der Waals surface area contributed by atoms with Gasteiger partial charge in [0.1, 0.15) is 17.5 Å². The van der Waals surface area contributed by atoms with Gasteiger partial charge >= 0.3 is 0 Å². The molecule has 0 radical (unpaired) electrons. The molecule has 0 saturated carbocycles. The molecule has 0 aliphatic carbocycles. The molecule has 0 saturated heterocycles. The van der Waals surface area contributed by atoms with E-state index in [1.165, 1.54) is 24.3 Å². The zero-order chi connectivity index (χ0) is 26.8. The SMILES string of the molecule is CC1=C(C#N)C(=O)N(Cc2ccc(F)cc2)C(=O)/C1=C/c1cn(-c2ccccc2)nc1-c1ccc(Cl)cc1. The quantitative estimate of drug-likeness (QED) is 0.233. The minimum Gasteiger partial charge on any atom is -0.269 e. The minimum atomic E-state index is -0.686. The van der Waals surface area contributed by atoms with Crippen molar-refractivity contribution >= 4 is 29.5 Å². The third-order valence-electron chi connectivity index (χ3n) is 6.26. The fourth-order valence-electron chi connectivity index (χ4n) is 4.24. The van der Waals surface area contributed by atoms with Crippen LogP contribution in [0, 0.1) is 17.1 Å². The summed E-state index contributed by atoms with van der Waals surface area (Å²) in [7, 11) is 0. The highest BCUT2D eigenvalue weighted by Gasteiger charge is 2.35. The van der Waals surface area contributed by atoms with Crippen LogP contribution in [0.3, 0.4) is 0 Å². The Balaban J connectivity index is 1.64. The summed E-state index contributed by atoms with van der Waals surface area (Å²) in [6, 6.07) is 24.1. The number of halogens is 2. The second-order valence-corrected chi connectivity index (χ2v) is 9.15. The second kappa shape index (κ2) is 10.3. The van der Waals surface area contributed by atoms with Gasteiger partial charge in [0, 0.05) is 27.9 Å². The van der Waals surface area contributed by atoms with Crippen molar-refractivity contribution < 1.29 is 14.0 Å². The molecule has 8 heteroatoms. The summed E-state index contributed by atoms with van der Waals surface area (Å²) in [5.41, 5.74) is 3.73. The molecular formula is C30H20ClFN4O2. The first-order valence-corrected chi connectivity index (χ1v) is 12.1. The molecule has 0 bridgehead atoms. The molecule has 186 valence electrons. The number of amides is 2. The number of hydrogen-bond acceptors (Lipinski definition) is 4. The number of aromatic nitrogens is 2. The first kappa shape index (κ1) is 24.9. The van der Waals surface area contributed by atoms with Crippen molar-refractivity contribution in [2.45, 2.75) is 13.5 Å². The van der Waals surface area contributed by atoms with Gasteiger partial charge in [-0.15, -0.1) is 0 Å². The van der Waals surface area contributed by atoms with Gasteiger partial charge in [-0.2, -0.15) is 10.4 Å². The Morgan fingerprint density at radius 1 is 0.974 bits per heavy atom. The number of nitriles is 1. The van der Waals surface area contributed by atoms with Crippen molar-refractivity contribution in [1.82, 2.24) is 14.7 Å². The predicted molar refractivity (Wildman–Crippen MR) is 142 cm³/mol. The van der Waals surface area contributed by atoms with E-state index in [2.05, 4.69) is 0 Å². The molecule has 1 aliphatic heterocycles. The van der Waals surface area contributed by atoms with Crippen molar-refractivity contribution in [3.63, 3.8) is 0 Å². The van der Waals surface area contributed by atoms with Crippen LogP contribution >= 0.6 is 11.6 Å². The summed E-state index contributed by atoms with van der Waals surface area (Å²) in [5, 5.41) is 15.1. The van der Waals surface area contributed by atoms with E-state index in [0.29, 0.717) is 21.8 Å². The lowest BCUT2D eigenvalue weighted by Crippen LogP contribution is -2.42. The summed E-state index contributed by atoms with van der Waals surface area (Å²) in [6.07, 6.45) is 3.44. The molecule has 0 atom stereocenters. The maximum Gasteiger partial charge on any atom is 0.271 e. The van der Waals surface area contributed by atoms with Crippen molar-refractivity contribution in [2.75, 3.05) is 0 Å². The molecule has 2 heterocycles. The largest absolute Gasteiger partial charge is 0.271 e. The van der Waals surface area contributed by atoms with E-state index in [4.69, 9.17) is 16.7 Å². The average Bonchev–Trinajstić information content (AvgIpc) is 3.35. The Kier molecular flexibility index (Phi) is 6.73. The van der Waals surface area contributed by atoms with E-state index in [1.54, 1.807) is 36.0 Å². The van der Waals surface area contributed by atoms with Crippen LogP contribution in [0.1, 0.15) is 18.1 Å². The molecule has 2 amide bonds. The normalized spacial score (nSPS) is 14.8. The van der Waals surface area contributed by atoms with Gasteiger partial charge in [0.05, 0.1) is 17.9 Å². The summed E-state index contributed by atoms with van der Waals surface area (Å²) in [5.74, 6) is -1.66. The van der Waals surface area contributed by atoms with Gasteiger partial charge in [-0.1, -0.05) is 54.1 Å². The van der Waals surface area contributed by atoms with Crippen molar-refractivity contribution in [3.05, 3.63) is 124 Å². The van der Waals surface area contributed by atoms with Crippen LogP contribution in [-0.2, 0) is 16.1 Å². The van der Waals surface area contributed by atoms with Crippen molar-refractivity contribution in [3.8, 4) is 23.0 Å². The van der Waals surface area contributed by atoms with Gasteiger partial charge in [0.25, 0.3) is 11.8 Å². The molecule has 0 N–H and O–H groups in total. The molecule has 0 fully saturated rings. The van der Waals surface area contributed by atoms with Crippen molar-refractivity contribution in [1.29, 1.82) is 5.26 Å². The van der Waals surface area contributed by atoms with E-state index in [1.807, 2.05) is 48.5 Å². The summed E-state index contributed by atoms with van der Waals surface area (Å²) < 4.78 is 15.1. The molecule has 3 aromatic carbocycles. The first-order chi connectivity index (χ1) is 18.4. The molecule has 5 rings (SSSR count). The highest BCUT2D eigenvalue weighted by atomic mass is 35.5. The number of benzene rings is 3. The Morgan fingerprint density at radius 3 is 2.32 bits per heavy atom. The van der Waals surface area contributed by atoms with E-state index >= 15 is 0 Å². The molecule has 1 aromatic heterocycles. The van der Waals surface area contributed by atoms with E-state index < -0.39 is 17.6 Å². The van der Waals surface area contributed by atoms with Crippen molar-refractivity contribution in [2.24, 2.45) is 0 Å². The third-order valence-corrected chi connectivity index (χ3v) is 6.51. The van der Waals surface area contributed by atoms with E-state index in [-0.39, 0.29) is 23.3 Å². The highest BCUT2D eigenvalue weighted by molar-refractivity contribution is 6.30. The zero-order valence-electron chi connectivity index (χ0n) is 20.2. The highest BCUT2D eigenvalue weighted by Crippen LogP contribution is 2.32. The zero-order valence-corrected chi connectivity index (χ0v) is 21.0. The Morgan fingerprint density at radius 2 is 1.66 bits per heavy atom. The van der Waals surface area contributed by atoms with E-state index in [9.17, 15) is 19.2 Å². The lowest BCUT2D eigenvalue weighted by Gasteiger charge is -2.27. The molecular weight excluding hydrogens is 503 g/mol. The van der Waals surface area contributed by atoms with Gasteiger partial charge < -0.3 is 0 Å². The smallest absolute Gasteiger partial charge is 0.269 e. The Labute approximate surface area is 223 Å². The lowest BCUT2D eigenvalue weighted by molar-refractivity contribution is -0.141. The number of nitrogens with zero attached hydrogens (tertiary/aromatic N) is 4. The monoisotopic (exact) mass is 522 g/mol. The van der Waals surface area contributed by atoms with Crippen LogP contribution in [0.5, 0.6) is 0 Å². The number of imide groups is 1. The average molecular weight is 523 g/mol. The molecule has 4 aromatic rings. The summed E-state index contributed by atoms with van der Waals surface area (Å²) in [4.78, 5) is 27.7. The van der Waals surface area contributed by atoms with Gasteiger partial charge in [0.2, 0.25) is 0 Å². The maximum atomic E-state index is 13.6. The van der Waals surface area contributed by atoms with Crippen LogP contribution in [0.4, 0.5) is 4.39 Å². The maximum absolute atomic E-state index is 13.6. The van der Waals surface area contributed by atoms with Gasteiger partial charge in [0.15, 0.2) is 0 Å². The fourth-order valence-corrected chi connectivity index (χ4v) is 4.37. The molecule has 0 spiro atoms. The van der Waals surface area contributed by atoms with Crippen LogP contribution in [0.15, 0.2) is 102 Å². The Hall–Kier alpha value is -4.80. The standard InChI is InChI=1S/C30H20ClFN4O2/c1-19-26(29(37)35(30(38)27(19)16-33)17-20-7-13-24(32)14-8-20)15-22-18-36(25-5-3-2-4-6-25)34-28(22)21-9-11-23(31)12-10-21/h2-15,18H,17H2,1H3/b26-15+. The molecule has 6 nitrogen and oxygen atoms in total. The van der Waals surface area contributed by atoms with Crippen LogP contribution in [0.2, 0.25) is 5.02 Å². The number of carbonyl (C=O) groups is 2. The Bertz CT molecular complexity index is 1650. The predicted octanol–water partition coefficient (Wildman–Crippen LogP) is 6.12. The summed E-state index contributed by atoms with van der Waals surface area (Å²) in [6.45, 7) is 1.49. The molecule has 0 unspecified atom stereocenters. The number of hydrogen-bond donors (Lipinski definition) is 0. The topological polar surface area (TPSA) is 79.0 Å². The van der Waals surface area contributed by atoms with Crippen LogP contribution in [-0.4, -0.2) is 26.5 Å². The number of carbonyl (C=O) groups excluding carboxylic acids is 2. The van der Waals surface area contributed by atoms with E-state index in [0.717, 1.165) is 16.2 Å². The fraction of sp³-hybridized carbons (Fsp3) is 0.0667. The number of para-hydroxylation sites is 1. The van der Waals surface area contributed by atoms with Gasteiger partial charge in [-0.25, -0.2) is 9.07 Å². The van der Waals surface area contributed by atoms with Gasteiger partial charge in [-0.3, -0.25) is 14.5 Å². The van der Waals surface area contributed by atoms with Crippen LogP contribution in [0.25, 0.3) is 23.0 Å². The third kappa shape index (κ3) is 4.77. The minimum absolute atomic E-state index is 0.0962. The number of rotatable bonds is 5. The van der Waals surface area contributed by atoms with Crippen LogP contribution < -0.4 is 0 Å². The molecule has 38 heavy (non-hydrogen) atoms. The first-order valence-electron chi connectivity index (χ1n) is 11.7.